The summed E-state index contributed by atoms with van der Waals surface area (Å²) < 4.78 is 0. The highest BCUT2D eigenvalue weighted by molar-refractivity contribution is 5.14. The lowest BCUT2D eigenvalue weighted by molar-refractivity contribution is 0.100. The van der Waals surface area contributed by atoms with Gasteiger partial charge in [-0.15, -0.1) is 0 Å². The Kier molecular flexibility index (Phi) is 3.35. The van der Waals surface area contributed by atoms with Crippen molar-refractivity contribution < 1.29 is 0 Å². The Labute approximate surface area is 110 Å². The van der Waals surface area contributed by atoms with Gasteiger partial charge in [-0.3, -0.25) is 9.88 Å². The lowest BCUT2D eigenvalue weighted by atomic mass is 9.93. The quantitative estimate of drug-likeness (QED) is 0.867. The van der Waals surface area contributed by atoms with E-state index in [9.17, 15) is 0 Å². The number of rotatable bonds is 2. The summed E-state index contributed by atoms with van der Waals surface area (Å²) in [4.78, 5) is 6.87. The molecule has 1 aromatic heterocycles. The van der Waals surface area contributed by atoms with Crippen LogP contribution < -0.4 is 5.32 Å². The molecule has 3 heteroatoms. The van der Waals surface area contributed by atoms with Gasteiger partial charge in [-0.05, 0) is 31.4 Å². The fourth-order valence-corrected chi connectivity index (χ4v) is 3.54. The first kappa shape index (κ1) is 12.1. The molecule has 1 unspecified atom stereocenters. The third-order valence-corrected chi connectivity index (χ3v) is 4.68. The Hall–Kier alpha value is -0.930. The summed E-state index contributed by atoms with van der Waals surface area (Å²) >= 11 is 0. The summed E-state index contributed by atoms with van der Waals surface area (Å²) in [7, 11) is 0. The maximum absolute atomic E-state index is 4.25. The molecule has 0 aromatic carbocycles. The van der Waals surface area contributed by atoms with Gasteiger partial charge in [-0.1, -0.05) is 18.9 Å². The molecule has 2 heterocycles. The lowest BCUT2D eigenvalue weighted by Crippen LogP contribution is -2.59. The van der Waals surface area contributed by atoms with Crippen molar-refractivity contribution in [2.45, 2.75) is 44.2 Å². The Bertz CT molecular complexity index is 384. The molecule has 0 radical (unpaired) electrons. The minimum atomic E-state index is 0.411. The Morgan fingerprint density at radius 2 is 2.22 bits per heavy atom. The van der Waals surface area contributed by atoms with E-state index in [1.54, 1.807) is 0 Å². The van der Waals surface area contributed by atoms with E-state index in [1.807, 2.05) is 18.5 Å². The number of nitrogens with one attached hydrogen (secondary N) is 1. The number of piperazine rings is 1. The summed E-state index contributed by atoms with van der Waals surface area (Å²) in [5.74, 6) is 0. The van der Waals surface area contributed by atoms with E-state index in [0.29, 0.717) is 11.6 Å². The third-order valence-electron chi connectivity index (χ3n) is 4.68. The topological polar surface area (TPSA) is 28.2 Å². The minimum absolute atomic E-state index is 0.411. The maximum atomic E-state index is 4.25. The first-order chi connectivity index (χ1) is 8.79. The monoisotopic (exact) mass is 245 g/mol. The zero-order chi connectivity index (χ0) is 12.4. The third kappa shape index (κ3) is 2.29. The average molecular weight is 245 g/mol. The Morgan fingerprint density at radius 3 is 2.94 bits per heavy atom. The molecule has 2 aliphatic rings. The minimum Gasteiger partial charge on any atom is -0.309 e. The van der Waals surface area contributed by atoms with Crippen molar-refractivity contribution in [3.8, 4) is 0 Å². The van der Waals surface area contributed by atoms with Crippen LogP contribution in [0.5, 0.6) is 0 Å². The zero-order valence-electron chi connectivity index (χ0n) is 11.2. The largest absolute Gasteiger partial charge is 0.309 e. The zero-order valence-corrected chi connectivity index (χ0v) is 11.2. The van der Waals surface area contributed by atoms with Gasteiger partial charge in [-0.25, -0.2) is 0 Å². The predicted molar refractivity (Wildman–Crippen MR) is 73.4 cm³/mol. The number of hydrogen-bond donors (Lipinski definition) is 1. The second kappa shape index (κ2) is 4.98. The van der Waals surface area contributed by atoms with Gasteiger partial charge in [0.1, 0.15) is 0 Å². The van der Waals surface area contributed by atoms with Crippen LogP contribution in [0, 0.1) is 0 Å². The van der Waals surface area contributed by atoms with E-state index in [1.165, 1.54) is 37.8 Å². The van der Waals surface area contributed by atoms with Gasteiger partial charge in [0.25, 0.3) is 0 Å². The van der Waals surface area contributed by atoms with E-state index >= 15 is 0 Å². The Morgan fingerprint density at radius 1 is 1.39 bits per heavy atom. The van der Waals surface area contributed by atoms with Gasteiger partial charge in [0.2, 0.25) is 0 Å². The summed E-state index contributed by atoms with van der Waals surface area (Å²) in [6.07, 6.45) is 9.34. The summed E-state index contributed by atoms with van der Waals surface area (Å²) in [6, 6.07) is 4.72. The van der Waals surface area contributed by atoms with Crippen molar-refractivity contribution in [1.29, 1.82) is 0 Å². The highest BCUT2D eigenvalue weighted by Crippen LogP contribution is 2.34. The van der Waals surface area contributed by atoms with Gasteiger partial charge in [0, 0.05) is 43.6 Å². The van der Waals surface area contributed by atoms with Crippen molar-refractivity contribution in [2.75, 3.05) is 19.6 Å². The van der Waals surface area contributed by atoms with Crippen LogP contribution in [-0.4, -0.2) is 35.1 Å². The molecule has 1 saturated carbocycles. The second-order valence-electron chi connectivity index (χ2n) is 5.85. The average Bonchev–Trinajstić information content (AvgIpc) is 2.87. The molecule has 3 nitrogen and oxygen atoms in total. The molecule has 1 atom stereocenters. The molecule has 1 saturated heterocycles. The molecule has 2 fully saturated rings. The van der Waals surface area contributed by atoms with Gasteiger partial charge < -0.3 is 5.32 Å². The van der Waals surface area contributed by atoms with E-state index in [0.717, 1.165) is 13.1 Å². The first-order valence-electron chi connectivity index (χ1n) is 7.18. The van der Waals surface area contributed by atoms with Crippen molar-refractivity contribution >= 4 is 0 Å². The van der Waals surface area contributed by atoms with Crippen LogP contribution in [0.2, 0.25) is 0 Å². The molecule has 18 heavy (non-hydrogen) atoms. The second-order valence-corrected chi connectivity index (χ2v) is 5.85. The van der Waals surface area contributed by atoms with Gasteiger partial charge in [0.15, 0.2) is 0 Å². The number of hydrogen-bond acceptors (Lipinski definition) is 3. The molecular weight excluding hydrogens is 222 g/mol. The van der Waals surface area contributed by atoms with Crippen LogP contribution in [0.4, 0.5) is 0 Å². The van der Waals surface area contributed by atoms with Crippen LogP contribution in [0.1, 0.15) is 44.2 Å². The predicted octanol–water partition coefficient (Wildman–Crippen LogP) is 2.36. The summed E-state index contributed by atoms with van der Waals surface area (Å²) in [5.41, 5.74) is 1.75. The summed E-state index contributed by atoms with van der Waals surface area (Å²) in [5, 5.41) is 3.77. The fraction of sp³-hybridized carbons (Fsp3) is 0.667. The van der Waals surface area contributed by atoms with Gasteiger partial charge >= 0.3 is 0 Å². The van der Waals surface area contributed by atoms with E-state index in [4.69, 9.17) is 0 Å². The molecule has 1 spiro atoms. The van der Waals surface area contributed by atoms with Crippen molar-refractivity contribution in [2.24, 2.45) is 0 Å². The molecule has 1 aliphatic heterocycles. The fourth-order valence-electron chi connectivity index (χ4n) is 3.54. The maximum Gasteiger partial charge on any atom is 0.0336 e. The standard InChI is InChI=1S/C15H23N3/c1-13(14-5-4-8-16-11-14)18-10-9-17-15(12-18)6-2-3-7-15/h4-5,8,11,13,17H,2-3,6-7,9-10,12H2,1H3. The van der Waals surface area contributed by atoms with Crippen molar-refractivity contribution in [3.63, 3.8) is 0 Å². The molecule has 98 valence electrons. The molecule has 0 amide bonds. The van der Waals surface area contributed by atoms with Crippen LogP contribution in [0.3, 0.4) is 0 Å². The normalized spacial score (nSPS) is 25.4. The molecule has 1 N–H and O–H groups in total. The highest BCUT2D eigenvalue weighted by atomic mass is 15.2. The SMILES string of the molecule is CC(c1cccnc1)N1CCNC2(CCCC2)C1. The molecule has 3 rings (SSSR count). The van der Waals surface area contributed by atoms with Crippen LogP contribution in [-0.2, 0) is 0 Å². The van der Waals surface area contributed by atoms with E-state index in [2.05, 4.69) is 28.2 Å². The van der Waals surface area contributed by atoms with Crippen LogP contribution in [0.25, 0.3) is 0 Å². The van der Waals surface area contributed by atoms with Gasteiger partial charge in [0.05, 0.1) is 0 Å². The molecule has 1 aromatic rings. The summed E-state index contributed by atoms with van der Waals surface area (Å²) in [6.45, 7) is 5.79. The van der Waals surface area contributed by atoms with Crippen molar-refractivity contribution in [3.05, 3.63) is 30.1 Å². The lowest BCUT2D eigenvalue weighted by Gasteiger charge is -2.44. The van der Waals surface area contributed by atoms with E-state index in [-0.39, 0.29) is 0 Å². The number of aromatic nitrogens is 1. The Balaban J connectivity index is 1.72. The number of pyridine rings is 1. The van der Waals surface area contributed by atoms with Gasteiger partial charge in [-0.2, -0.15) is 0 Å². The highest BCUT2D eigenvalue weighted by Gasteiger charge is 2.38. The van der Waals surface area contributed by atoms with Crippen LogP contribution >= 0.6 is 0 Å². The molecular formula is C15H23N3. The molecule has 1 aliphatic carbocycles. The number of nitrogens with zero attached hydrogens (tertiary/aromatic N) is 2. The smallest absolute Gasteiger partial charge is 0.0336 e. The van der Waals surface area contributed by atoms with Crippen molar-refractivity contribution in [1.82, 2.24) is 15.2 Å². The van der Waals surface area contributed by atoms with Crippen LogP contribution in [0.15, 0.2) is 24.5 Å². The van der Waals surface area contributed by atoms with E-state index < -0.39 is 0 Å². The first-order valence-corrected chi connectivity index (χ1v) is 7.18. The molecule has 0 bridgehead atoms.